The number of carbonyl (C=O) groups is 1. The predicted molar refractivity (Wildman–Crippen MR) is 108 cm³/mol. The topological polar surface area (TPSA) is 80.6 Å². The van der Waals surface area contributed by atoms with Crippen molar-refractivity contribution in [1.82, 2.24) is 10.0 Å². The van der Waals surface area contributed by atoms with Gasteiger partial charge >= 0.3 is 0 Å². The van der Waals surface area contributed by atoms with Crippen molar-refractivity contribution in [3.63, 3.8) is 0 Å². The van der Waals surface area contributed by atoms with Crippen molar-refractivity contribution in [2.45, 2.75) is 25.0 Å². The van der Waals surface area contributed by atoms with E-state index in [1.54, 1.807) is 29.7 Å². The minimum atomic E-state index is -1.13. The normalized spacial score (nSPS) is 18.2. The smallest absolute Gasteiger partial charge is 0.287 e. The number of aromatic nitrogens is 1. The van der Waals surface area contributed by atoms with Gasteiger partial charge in [0, 0.05) is 23.9 Å². The van der Waals surface area contributed by atoms with Crippen molar-refractivity contribution in [2.75, 3.05) is 6.61 Å². The fourth-order valence-corrected chi connectivity index (χ4v) is 3.96. The summed E-state index contributed by atoms with van der Waals surface area (Å²) in [5.74, 6) is -1.97. The van der Waals surface area contributed by atoms with Gasteiger partial charge in [-0.1, -0.05) is 24.3 Å². The number of ether oxygens (including phenoxy) is 1. The van der Waals surface area contributed by atoms with E-state index in [2.05, 4.69) is 0 Å². The number of halogens is 2. The molecule has 1 aromatic heterocycles. The summed E-state index contributed by atoms with van der Waals surface area (Å²) in [6.07, 6.45) is 2.67. The Hall–Kier alpha value is -3.36. The van der Waals surface area contributed by atoms with E-state index in [1.807, 2.05) is 0 Å². The number of rotatable bonds is 5. The first-order chi connectivity index (χ1) is 14.9. The molecule has 2 N–H and O–H groups in total. The third-order valence-electron chi connectivity index (χ3n) is 5.54. The van der Waals surface area contributed by atoms with Crippen LogP contribution in [0.2, 0.25) is 0 Å². The van der Waals surface area contributed by atoms with Gasteiger partial charge < -0.3 is 9.30 Å². The Kier molecular flexibility index (Phi) is 5.67. The average Bonchev–Trinajstić information content (AvgIpc) is 3.28. The first-order valence-corrected chi connectivity index (χ1v) is 9.77. The standard InChI is InChI=1S/C23H20F2N2O4/c24-18-8-6-17(7-9-18)23(11-1-13-31-23)19-10-12-27(22(29)20(19)25)14-15-2-4-16(5-3-15)21(28)26-30/h2-10,12,30H,1,11,13-14H2,(H,26,28). The maximum absolute atomic E-state index is 15.3. The van der Waals surface area contributed by atoms with Gasteiger partial charge in [-0.15, -0.1) is 0 Å². The fraction of sp³-hybridized carbons (Fsp3) is 0.217. The molecule has 1 aliphatic rings. The Balaban J connectivity index is 1.67. The van der Waals surface area contributed by atoms with Crippen molar-refractivity contribution in [3.8, 4) is 0 Å². The Morgan fingerprint density at radius 2 is 1.81 bits per heavy atom. The molecule has 1 atom stereocenters. The first kappa shape index (κ1) is 20.9. The molecule has 0 spiro atoms. The molecule has 0 aliphatic carbocycles. The molecule has 31 heavy (non-hydrogen) atoms. The summed E-state index contributed by atoms with van der Waals surface area (Å²) in [6.45, 7) is 0.509. The number of amides is 1. The number of carbonyl (C=O) groups excluding carboxylic acids is 1. The second-order valence-electron chi connectivity index (χ2n) is 7.40. The highest BCUT2D eigenvalue weighted by molar-refractivity contribution is 5.93. The largest absolute Gasteiger partial charge is 0.365 e. The summed E-state index contributed by atoms with van der Waals surface area (Å²) in [4.78, 5) is 24.2. The van der Waals surface area contributed by atoms with E-state index < -0.39 is 28.7 Å². The molecule has 0 radical (unpaired) electrons. The van der Waals surface area contributed by atoms with Crippen LogP contribution >= 0.6 is 0 Å². The monoisotopic (exact) mass is 426 g/mol. The zero-order valence-corrected chi connectivity index (χ0v) is 16.5. The lowest BCUT2D eigenvalue weighted by Gasteiger charge is -2.30. The molecule has 0 bridgehead atoms. The lowest BCUT2D eigenvalue weighted by Crippen LogP contribution is -2.33. The van der Waals surface area contributed by atoms with E-state index in [4.69, 9.17) is 9.94 Å². The van der Waals surface area contributed by atoms with Crippen molar-refractivity contribution < 1.29 is 23.5 Å². The summed E-state index contributed by atoms with van der Waals surface area (Å²) in [5, 5.41) is 8.68. The lowest BCUT2D eigenvalue weighted by atomic mass is 9.84. The molecular weight excluding hydrogens is 406 g/mol. The highest BCUT2D eigenvalue weighted by Gasteiger charge is 2.41. The molecule has 1 saturated heterocycles. The van der Waals surface area contributed by atoms with Crippen LogP contribution < -0.4 is 11.0 Å². The molecule has 2 aromatic carbocycles. The van der Waals surface area contributed by atoms with Gasteiger partial charge in [-0.25, -0.2) is 14.3 Å². The van der Waals surface area contributed by atoms with Crippen molar-refractivity contribution in [1.29, 1.82) is 0 Å². The molecule has 1 unspecified atom stereocenters. The van der Waals surface area contributed by atoms with E-state index in [1.165, 1.54) is 41.1 Å². The fourth-order valence-electron chi connectivity index (χ4n) is 3.96. The number of benzene rings is 2. The molecule has 0 saturated carbocycles. The Labute approximate surface area is 176 Å². The zero-order valence-electron chi connectivity index (χ0n) is 16.5. The predicted octanol–water partition coefficient (Wildman–Crippen LogP) is 3.35. The highest BCUT2D eigenvalue weighted by Crippen LogP contribution is 2.42. The number of nitrogens with zero attached hydrogens (tertiary/aromatic N) is 1. The van der Waals surface area contributed by atoms with Gasteiger partial charge in [0.2, 0.25) is 0 Å². The van der Waals surface area contributed by atoms with Crippen molar-refractivity contribution in [3.05, 3.63) is 105 Å². The Morgan fingerprint density at radius 3 is 2.42 bits per heavy atom. The van der Waals surface area contributed by atoms with Crippen LogP contribution in [0.25, 0.3) is 0 Å². The first-order valence-electron chi connectivity index (χ1n) is 9.77. The van der Waals surface area contributed by atoms with E-state index in [0.29, 0.717) is 30.6 Å². The Morgan fingerprint density at radius 1 is 1.10 bits per heavy atom. The molecular formula is C23H20F2N2O4. The van der Waals surface area contributed by atoms with Gasteiger partial charge in [-0.05, 0) is 54.3 Å². The molecule has 1 aliphatic heterocycles. The van der Waals surface area contributed by atoms with Crippen molar-refractivity contribution in [2.24, 2.45) is 0 Å². The minimum absolute atomic E-state index is 0.0987. The summed E-state index contributed by atoms with van der Waals surface area (Å²) in [5.41, 5.74) is 1.27. The molecule has 1 amide bonds. The van der Waals surface area contributed by atoms with Crippen LogP contribution in [-0.4, -0.2) is 22.3 Å². The van der Waals surface area contributed by atoms with Crippen LogP contribution in [0.3, 0.4) is 0 Å². The Bertz CT molecular complexity index is 1150. The molecule has 3 aromatic rings. The van der Waals surface area contributed by atoms with Crippen LogP contribution in [0, 0.1) is 11.6 Å². The van der Waals surface area contributed by atoms with Crippen LogP contribution in [0.1, 0.15) is 39.9 Å². The maximum Gasteiger partial charge on any atom is 0.287 e. The average molecular weight is 426 g/mol. The van der Waals surface area contributed by atoms with Gasteiger partial charge in [0.1, 0.15) is 11.4 Å². The molecule has 2 heterocycles. The molecule has 4 rings (SSSR count). The number of pyridine rings is 1. The summed E-state index contributed by atoms with van der Waals surface area (Å²) in [6, 6.07) is 13.4. The summed E-state index contributed by atoms with van der Waals surface area (Å²) in [7, 11) is 0. The van der Waals surface area contributed by atoms with E-state index in [9.17, 15) is 14.0 Å². The van der Waals surface area contributed by atoms with Crippen LogP contribution in [0.15, 0.2) is 65.6 Å². The maximum atomic E-state index is 15.3. The molecule has 6 nitrogen and oxygen atoms in total. The van der Waals surface area contributed by atoms with Gasteiger partial charge in [-0.3, -0.25) is 14.8 Å². The second-order valence-corrected chi connectivity index (χ2v) is 7.40. The van der Waals surface area contributed by atoms with Crippen LogP contribution in [0.4, 0.5) is 8.78 Å². The third-order valence-corrected chi connectivity index (χ3v) is 5.54. The third kappa shape index (κ3) is 3.87. The SMILES string of the molecule is O=C(NO)c1ccc(Cn2ccc(C3(c4ccc(F)cc4)CCCO3)c(F)c2=O)cc1. The molecule has 8 heteroatoms. The van der Waals surface area contributed by atoms with Gasteiger partial charge in [0.15, 0.2) is 5.82 Å². The van der Waals surface area contributed by atoms with E-state index in [0.717, 1.165) is 0 Å². The van der Waals surface area contributed by atoms with Gasteiger partial charge in [0.25, 0.3) is 11.5 Å². The van der Waals surface area contributed by atoms with Gasteiger partial charge in [-0.2, -0.15) is 0 Å². The highest BCUT2D eigenvalue weighted by atomic mass is 19.1. The number of hydrogen-bond acceptors (Lipinski definition) is 4. The summed E-state index contributed by atoms with van der Waals surface area (Å²) >= 11 is 0. The number of nitrogens with one attached hydrogen (secondary N) is 1. The van der Waals surface area contributed by atoms with Crippen molar-refractivity contribution >= 4 is 5.91 Å². The second kappa shape index (κ2) is 8.41. The number of hydrogen-bond donors (Lipinski definition) is 2. The minimum Gasteiger partial charge on any atom is -0.365 e. The van der Waals surface area contributed by atoms with E-state index in [-0.39, 0.29) is 17.7 Å². The lowest BCUT2D eigenvalue weighted by molar-refractivity contribution is 0.0326. The number of hydroxylamine groups is 1. The molecule has 1 fully saturated rings. The van der Waals surface area contributed by atoms with Crippen LogP contribution in [0.5, 0.6) is 0 Å². The van der Waals surface area contributed by atoms with E-state index >= 15 is 4.39 Å². The summed E-state index contributed by atoms with van der Waals surface area (Å²) < 4.78 is 35.8. The molecule has 160 valence electrons. The zero-order chi connectivity index (χ0) is 22.0. The van der Waals surface area contributed by atoms with Gasteiger partial charge in [0.05, 0.1) is 6.54 Å². The van der Waals surface area contributed by atoms with Crippen LogP contribution in [-0.2, 0) is 16.9 Å². The quantitative estimate of drug-likeness (QED) is 0.484.